The average Bonchev–Trinajstić information content (AvgIpc) is 3.54. The molecule has 0 atom stereocenters. The summed E-state index contributed by atoms with van der Waals surface area (Å²) in [5.74, 6) is 0.0469. The van der Waals surface area contributed by atoms with Crippen molar-refractivity contribution in [1.82, 2.24) is 15.2 Å². The number of benzene rings is 4. The first-order valence-electron chi connectivity index (χ1n) is 11.2. The number of rotatable bonds is 4. The third-order valence-corrected chi connectivity index (χ3v) is 6.18. The molecule has 0 saturated carbocycles. The van der Waals surface area contributed by atoms with Gasteiger partial charge < -0.3 is 9.15 Å². The number of oxazole rings is 1. The van der Waals surface area contributed by atoms with Gasteiger partial charge in [0.25, 0.3) is 0 Å². The largest absolute Gasteiger partial charge is 0.496 e. The Labute approximate surface area is 207 Å². The summed E-state index contributed by atoms with van der Waals surface area (Å²) in [5, 5.41) is 7.81. The first-order chi connectivity index (χ1) is 17.8. The molecule has 0 amide bonds. The van der Waals surface area contributed by atoms with E-state index in [-0.39, 0.29) is 17.0 Å². The van der Waals surface area contributed by atoms with E-state index in [2.05, 4.69) is 15.2 Å². The van der Waals surface area contributed by atoms with Gasteiger partial charge in [0.15, 0.2) is 5.58 Å². The number of nitrogens with zero attached hydrogens (tertiary/aromatic N) is 2. The number of halogens is 4. The summed E-state index contributed by atoms with van der Waals surface area (Å²) in [5.41, 5.74) is 3.22. The van der Waals surface area contributed by atoms with Crippen LogP contribution in [0, 0.1) is 5.82 Å². The van der Waals surface area contributed by atoms with Crippen LogP contribution in [0.3, 0.4) is 0 Å². The minimum Gasteiger partial charge on any atom is -0.496 e. The third kappa shape index (κ3) is 4.08. The molecule has 0 saturated heterocycles. The van der Waals surface area contributed by atoms with Crippen molar-refractivity contribution >= 4 is 22.0 Å². The van der Waals surface area contributed by atoms with Gasteiger partial charge in [-0.1, -0.05) is 24.3 Å². The first kappa shape index (κ1) is 22.8. The van der Waals surface area contributed by atoms with Crippen molar-refractivity contribution in [2.24, 2.45) is 0 Å². The molecular weight excluding hydrogens is 486 g/mol. The second-order valence-electron chi connectivity index (χ2n) is 8.48. The molecule has 184 valence electrons. The van der Waals surface area contributed by atoms with Crippen molar-refractivity contribution < 1.29 is 26.7 Å². The Morgan fingerprint density at radius 3 is 2.49 bits per heavy atom. The van der Waals surface area contributed by atoms with Crippen molar-refractivity contribution in [2.75, 3.05) is 7.11 Å². The van der Waals surface area contributed by atoms with Crippen LogP contribution in [0.5, 0.6) is 5.75 Å². The summed E-state index contributed by atoms with van der Waals surface area (Å²) < 4.78 is 65.6. The van der Waals surface area contributed by atoms with Crippen molar-refractivity contribution in [2.45, 2.75) is 6.18 Å². The fourth-order valence-electron chi connectivity index (χ4n) is 4.32. The highest BCUT2D eigenvalue weighted by Crippen LogP contribution is 2.39. The number of aromatic nitrogens is 3. The Bertz CT molecular complexity index is 1790. The van der Waals surface area contributed by atoms with E-state index in [0.717, 1.165) is 23.0 Å². The van der Waals surface area contributed by atoms with Gasteiger partial charge in [0.2, 0.25) is 5.89 Å². The highest BCUT2D eigenvalue weighted by Gasteiger charge is 2.31. The van der Waals surface area contributed by atoms with E-state index < -0.39 is 17.6 Å². The number of methoxy groups -OCH3 is 1. The van der Waals surface area contributed by atoms with Gasteiger partial charge in [0.05, 0.1) is 24.4 Å². The molecule has 0 bridgehead atoms. The quantitative estimate of drug-likeness (QED) is 0.249. The molecule has 0 radical (unpaired) electrons. The zero-order valence-corrected chi connectivity index (χ0v) is 19.2. The number of hydrogen-bond donors (Lipinski definition) is 1. The number of nitrogens with one attached hydrogen (secondary N) is 1. The van der Waals surface area contributed by atoms with Gasteiger partial charge in [-0.05, 0) is 53.6 Å². The number of alkyl halides is 3. The fourth-order valence-corrected chi connectivity index (χ4v) is 4.32. The average molecular weight is 503 g/mol. The van der Waals surface area contributed by atoms with Gasteiger partial charge in [0, 0.05) is 28.1 Å². The molecule has 37 heavy (non-hydrogen) atoms. The molecule has 2 aromatic heterocycles. The number of hydrogen-bond acceptors (Lipinski definition) is 4. The zero-order chi connectivity index (χ0) is 25.7. The molecule has 0 aliphatic heterocycles. The molecule has 6 aromatic rings. The van der Waals surface area contributed by atoms with Crippen molar-refractivity contribution in [3.05, 3.63) is 90.4 Å². The summed E-state index contributed by atoms with van der Waals surface area (Å²) in [4.78, 5) is 4.27. The number of ether oxygens (including phenoxy) is 1. The maximum atomic E-state index is 15.1. The van der Waals surface area contributed by atoms with Crippen LogP contribution in [0.15, 0.2) is 83.4 Å². The molecule has 0 aliphatic carbocycles. The van der Waals surface area contributed by atoms with Crippen molar-refractivity contribution in [3.63, 3.8) is 0 Å². The minimum atomic E-state index is -4.48. The molecule has 1 N–H and O–H groups in total. The van der Waals surface area contributed by atoms with E-state index in [9.17, 15) is 13.2 Å². The highest BCUT2D eigenvalue weighted by atomic mass is 19.4. The molecule has 2 heterocycles. The smallest absolute Gasteiger partial charge is 0.416 e. The van der Waals surface area contributed by atoms with E-state index >= 15 is 4.39 Å². The lowest BCUT2D eigenvalue weighted by Gasteiger charge is -2.13. The van der Waals surface area contributed by atoms with E-state index in [1.807, 2.05) is 24.3 Å². The molecule has 0 aliphatic rings. The number of aromatic amines is 1. The van der Waals surface area contributed by atoms with Gasteiger partial charge in [-0.25, -0.2) is 9.37 Å². The Hall–Kier alpha value is -4.66. The Balaban J connectivity index is 1.44. The second-order valence-corrected chi connectivity index (χ2v) is 8.48. The molecular formula is C28H17F4N3O2. The van der Waals surface area contributed by atoms with Crippen molar-refractivity contribution in [3.8, 4) is 39.5 Å². The van der Waals surface area contributed by atoms with E-state index in [1.165, 1.54) is 19.2 Å². The normalized spacial score (nSPS) is 11.9. The van der Waals surface area contributed by atoms with Gasteiger partial charge in [-0.3, -0.25) is 5.10 Å². The zero-order valence-electron chi connectivity index (χ0n) is 19.2. The number of fused-ring (bicyclic) bond motifs is 2. The van der Waals surface area contributed by atoms with E-state index in [0.29, 0.717) is 33.6 Å². The summed E-state index contributed by atoms with van der Waals surface area (Å²) >= 11 is 0. The molecule has 0 fully saturated rings. The van der Waals surface area contributed by atoms with Crippen LogP contribution in [0.1, 0.15) is 5.56 Å². The number of H-pyrrole nitrogens is 1. The SMILES string of the molecule is COc1cc(F)c(-c2ccc3cn[nH]c3c2)cc1-c1cccc(-c2nc3cc(C(F)(F)F)ccc3o2)c1. The Morgan fingerprint density at radius 2 is 1.68 bits per heavy atom. The molecule has 0 spiro atoms. The maximum Gasteiger partial charge on any atom is 0.416 e. The van der Waals surface area contributed by atoms with Gasteiger partial charge in [-0.2, -0.15) is 18.3 Å². The first-order valence-corrected chi connectivity index (χ1v) is 11.2. The van der Waals surface area contributed by atoms with Crippen molar-refractivity contribution in [1.29, 1.82) is 0 Å². The lowest BCUT2D eigenvalue weighted by Crippen LogP contribution is -2.03. The molecule has 0 unspecified atom stereocenters. The minimum absolute atomic E-state index is 0.103. The Morgan fingerprint density at radius 1 is 0.865 bits per heavy atom. The predicted molar refractivity (Wildman–Crippen MR) is 131 cm³/mol. The van der Waals surface area contributed by atoms with Crippen LogP contribution >= 0.6 is 0 Å². The molecule has 4 aromatic carbocycles. The van der Waals surface area contributed by atoms with Crippen LogP contribution in [0.25, 0.3) is 55.7 Å². The van der Waals surface area contributed by atoms with Crippen LogP contribution in [-0.2, 0) is 6.18 Å². The maximum absolute atomic E-state index is 15.1. The lowest BCUT2D eigenvalue weighted by atomic mass is 9.96. The monoisotopic (exact) mass is 503 g/mol. The predicted octanol–water partition coefficient (Wildman–Crippen LogP) is 7.87. The third-order valence-electron chi connectivity index (χ3n) is 6.18. The summed E-state index contributed by atoms with van der Waals surface area (Å²) in [6.07, 6.45) is -2.79. The molecule has 9 heteroatoms. The van der Waals surface area contributed by atoms with Crippen LogP contribution < -0.4 is 4.74 Å². The summed E-state index contributed by atoms with van der Waals surface area (Å²) in [6, 6.07) is 18.8. The lowest BCUT2D eigenvalue weighted by molar-refractivity contribution is -0.137. The fraction of sp³-hybridized carbons (Fsp3) is 0.0714. The van der Waals surface area contributed by atoms with Gasteiger partial charge in [-0.15, -0.1) is 0 Å². The van der Waals surface area contributed by atoms with Gasteiger partial charge >= 0.3 is 6.18 Å². The van der Waals surface area contributed by atoms with E-state index in [4.69, 9.17) is 9.15 Å². The van der Waals surface area contributed by atoms with E-state index in [1.54, 1.807) is 30.5 Å². The molecule has 6 rings (SSSR count). The van der Waals surface area contributed by atoms with Crippen LogP contribution in [-0.4, -0.2) is 22.3 Å². The topological polar surface area (TPSA) is 63.9 Å². The van der Waals surface area contributed by atoms with Crippen LogP contribution in [0.2, 0.25) is 0 Å². The standard InChI is InChI=1S/C28H17F4N3O2/c1-36-26-13-22(29)20(16-5-6-18-14-33-35-23(18)10-16)12-21(26)15-3-2-4-17(9-15)27-34-24-11-19(28(30,31)32)7-8-25(24)37-27/h2-14H,1H3,(H,33,35). The Kier molecular flexibility index (Phi) is 5.22. The summed E-state index contributed by atoms with van der Waals surface area (Å²) in [6.45, 7) is 0. The second kappa shape index (κ2) is 8.48. The van der Waals surface area contributed by atoms with Crippen LogP contribution in [0.4, 0.5) is 17.6 Å². The van der Waals surface area contributed by atoms with Gasteiger partial charge in [0.1, 0.15) is 17.1 Å². The highest BCUT2D eigenvalue weighted by molar-refractivity contribution is 5.86. The summed E-state index contributed by atoms with van der Waals surface area (Å²) in [7, 11) is 1.46. The molecule has 5 nitrogen and oxygen atoms in total.